The summed E-state index contributed by atoms with van der Waals surface area (Å²) in [5, 5.41) is 17.7. The molecule has 2 N–H and O–H groups in total. The molecule has 0 spiro atoms. The SMILES string of the molecule is COC1CCN(CCc2ccc(N/C(=C3\C(=O)Nc4ccc([N+](=O)[O-])cc43)c3ccccc3)cc2)CC1. The number of nitro groups is 1. The molecule has 0 aromatic heterocycles. The average Bonchev–Trinajstić information content (AvgIpc) is 3.26. The molecule has 8 nitrogen and oxygen atoms in total. The third-order valence-electron chi connectivity index (χ3n) is 7.08. The highest BCUT2D eigenvalue weighted by atomic mass is 16.6. The topological polar surface area (TPSA) is 96.7 Å². The first kappa shape index (κ1) is 24.7. The smallest absolute Gasteiger partial charge is 0.270 e. The van der Waals surface area contributed by atoms with Crippen molar-refractivity contribution < 1.29 is 14.5 Å². The number of rotatable bonds is 8. The number of nitro benzene ring substituents is 1. The maximum Gasteiger partial charge on any atom is 0.270 e. The van der Waals surface area contributed by atoms with Gasteiger partial charge in [0.05, 0.1) is 22.3 Å². The molecule has 190 valence electrons. The molecule has 0 aliphatic carbocycles. The number of piperidine rings is 1. The van der Waals surface area contributed by atoms with Crippen molar-refractivity contribution in [2.45, 2.75) is 25.4 Å². The molecule has 0 unspecified atom stereocenters. The number of fused-ring (bicyclic) bond motifs is 1. The van der Waals surface area contributed by atoms with E-state index in [2.05, 4.69) is 27.7 Å². The Hall–Kier alpha value is -4.01. The van der Waals surface area contributed by atoms with E-state index in [9.17, 15) is 14.9 Å². The Labute approximate surface area is 216 Å². The summed E-state index contributed by atoms with van der Waals surface area (Å²) in [6.45, 7) is 3.14. The van der Waals surface area contributed by atoms with Crippen LogP contribution in [0.1, 0.15) is 29.5 Å². The molecule has 2 aliphatic heterocycles. The number of ether oxygens (including phenoxy) is 1. The summed E-state index contributed by atoms with van der Waals surface area (Å²) >= 11 is 0. The number of non-ortho nitro benzene ring substituents is 1. The Morgan fingerprint density at radius 2 is 1.81 bits per heavy atom. The van der Waals surface area contributed by atoms with E-state index < -0.39 is 4.92 Å². The van der Waals surface area contributed by atoms with Gasteiger partial charge in [0, 0.05) is 55.8 Å². The van der Waals surface area contributed by atoms with Crippen LogP contribution in [0.3, 0.4) is 0 Å². The Balaban J connectivity index is 1.38. The van der Waals surface area contributed by atoms with Crippen molar-refractivity contribution in [3.8, 4) is 0 Å². The van der Waals surface area contributed by atoms with Crippen LogP contribution in [0.5, 0.6) is 0 Å². The van der Waals surface area contributed by atoms with Gasteiger partial charge in [0.25, 0.3) is 11.6 Å². The van der Waals surface area contributed by atoms with Crippen LogP contribution in [-0.2, 0) is 16.0 Å². The molecule has 5 rings (SSSR count). The van der Waals surface area contributed by atoms with Gasteiger partial charge in [-0.3, -0.25) is 14.9 Å². The number of benzene rings is 3. The zero-order valence-electron chi connectivity index (χ0n) is 20.8. The fourth-order valence-electron chi connectivity index (χ4n) is 4.96. The van der Waals surface area contributed by atoms with Gasteiger partial charge >= 0.3 is 0 Å². The van der Waals surface area contributed by atoms with E-state index in [0.717, 1.165) is 50.1 Å². The molecule has 1 fully saturated rings. The van der Waals surface area contributed by atoms with E-state index in [1.165, 1.54) is 17.7 Å². The monoisotopic (exact) mass is 498 g/mol. The van der Waals surface area contributed by atoms with Crippen molar-refractivity contribution >= 4 is 34.2 Å². The minimum absolute atomic E-state index is 0.0593. The second kappa shape index (κ2) is 10.9. The fourth-order valence-corrected chi connectivity index (χ4v) is 4.96. The van der Waals surface area contributed by atoms with Crippen LogP contribution in [0.15, 0.2) is 72.8 Å². The lowest BCUT2D eigenvalue weighted by Gasteiger charge is -2.31. The molecule has 3 aromatic rings. The zero-order chi connectivity index (χ0) is 25.8. The number of anilines is 2. The Morgan fingerprint density at radius 1 is 1.08 bits per heavy atom. The van der Waals surface area contributed by atoms with Gasteiger partial charge in [0.2, 0.25) is 0 Å². The highest BCUT2D eigenvalue weighted by Gasteiger charge is 2.30. The van der Waals surface area contributed by atoms with E-state index in [1.807, 2.05) is 42.5 Å². The van der Waals surface area contributed by atoms with Crippen LogP contribution in [-0.4, -0.2) is 48.6 Å². The van der Waals surface area contributed by atoms with Crippen molar-refractivity contribution in [3.05, 3.63) is 99.6 Å². The number of carbonyl (C=O) groups excluding carboxylic acids is 1. The number of methoxy groups -OCH3 is 1. The highest BCUT2D eigenvalue weighted by molar-refractivity contribution is 6.37. The summed E-state index contributed by atoms with van der Waals surface area (Å²) in [5.41, 5.74) is 4.90. The summed E-state index contributed by atoms with van der Waals surface area (Å²) in [4.78, 5) is 26.5. The minimum atomic E-state index is -0.450. The summed E-state index contributed by atoms with van der Waals surface area (Å²) < 4.78 is 5.47. The zero-order valence-corrected chi connectivity index (χ0v) is 20.8. The van der Waals surface area contributed by atoms with Crippen LogP contribution in [0, 0.1) is 10.1 Å². The lowest BCUT2D eigenvalue weighted by atomic mass is 9.99. The molecule has 3 aromatic carbocycles. The molecule has 1 amide bonds. The van der Waals surface area contributed by atoms with Gasteiger partial charge in [0.15, 0.2) is 0 Å². The van der Waals surface area contributed by atoms with Crippen LogP contribution in [0.25, 0.3) is 11.3 Å². The number of amides is 1. The van der Waals surface area contributed by atoms with E-state index in [-0.39, 0.29) is 11.6 Å². The van der Waals surface area contributed by atoms with Gasteiger partial charge in [-0.05, 0) is 48.6 Å². The molecule has 0 bridgehead atoms. The molecule has 0 radical (unpaired) electrons. The number of nitrogens with zero attached hydrogens (tertiary/aromatic N) is 2. The van der Waals surface area contributed by atoms with Gasteiger partial charge in [-0.1, -0.05) is 42.5 Å². The fraction of sp³-hybridized carbons (Fsp3) is 0.276. The largest absolute Gasteiger partial charge is 0.381 e. The third-order valence-corrected chi connectivity index (χ3v) is 7.08. The Bertz CT molecular complexity index is 1310. The van der Waals surface area contributed by atoms with Crippen molar-refractivity contribution in [2.75, 3.05) is 37.4 Å². The maximum absolute atomic E-state index is 13.1. The normalized spacial score (nSPS) is 17.3. The van der Waals surface area contributed by atoms with Crippen LogP contribution in [0.2, 0.25) is 0 Å². The van der Waals surface area contributed by atoms with Gasteiger partial charge in [-0.15, -0.1) is 0 Å². The van der Waals surface area contributed by atoms with Gasteiger partial charge < -0.3 is 20.3 Å². The highest BCUT2D eigenvalue weighted by Crippen LogP contribution is 2.39. The van der Waals surface area contributed by atoms with E-state index in [4.69, 9.17) is 4.74 Å². The molecule has 8 heteroatoms. The lowest BCUT2D eigenvalue weighted by molar-refractivity contribution is -0.384. The summed E-state index contributed by atoms with van der Waals surface area (Å²) in [6.07, 6.45) is 3.51. The minimum Gasteiger partial charge on any atom is -0.381 e. The van der Waals surface area contributed by atoms with E-state index in [0.29, 0.717) is 28.6 Å². The van der Waals surface area contributed by atoms with Crippen molar-refractivity contribution in [2.24, 2.45) is 0 Å². The maximum atomic E-state index is 13.1. The summed E-state index contributed by atoms with van der Waals surface area (Å²) in [5.74, 6) is -0.296. The summed E-state index contributed by atoms with van der Waals surface area (Å²) in [6, 6.07) is 22.2. The number of hydrogen-bond acceptors (Lipinski definition) is 6. The van der Waals surface area contributed by atoms with Crippen molar-refractivity contribution in [1.82, 2.24) is 4.90 Å². The molecule has 2 heterocycles. The molecule has 2 aliphatic rings. The molecular formula is C29H30N4O4. The number of nitrogens with one attached hydrogen (secondary N) is 2. The second-order valence-electron chi connectivity index (χ2n) is 9.41. The second-order valence-corrected chi connectivity index (χ2v) is 9.41. The Morgan fingerprint density at radius 3 is 2.49 bits per heavy atom. The third kappa shape index (κ3) is 5.55. The predicted molar refractivity (Wildman–Crippen MR) is 145 cm³/mol. The van der Waals surface area contributed by atoms with Crippen molar-refractivity contribution in [3.63, 3.8) is 0 Å². The number of likely N-dealkylation sites (tertiary alicyclic amines) is 1. The van der Waals surface area contributed by atoms with Gasteiger partial charge in [-0.2, -0.15) is 0 Å². The van der Waals surface area contributed by atoms with E-state index >= 15 is 0 Å². The standard InChI is InChI=1S/C29H30N4O4/c1-37-24-14-17-32(18-15-24)16-13-20-7-9-22(10-8-20)30-28(21-5-3-2-4-6-21)27-25-19-23(33(35)36)11-12-26(25)31-29(27)34/h2-12,19,24,30H,13-18H2,1H3,(H,31,34)/b28-27-. The van der Waals surface area contributed by atoms with E-state index in [1.54, 1.807) is 13.2 Å². The van der Waals surface area contributed by atoms with Crippen LogP contribution < -0.4 is 10.6 Å². The summed E-state index contributed by atoms with van der Waals surface area (Å²) in [7, 11) is 1.79. The molecule has 1 saturated heterocycles. The number of carbonyl (C=O) groups is 1. The molecule has 0 saturated carbocycles. The first-order valence-electron chi connectivity index (χ1n) is 12.5. The van der Waals surface area contributed by atoms with Crippen LogP contribution >= 0.6 is 0 Å². The molecule has 0 atom stereocenters. The van der Waals surface area contributed by atoms with Crippen LogP contribution in [0.4, 0.5) is 17.1 Å². The molecular weight excluding hydrogens is 468 g/mol. The average molecular weight is 499 g/mol. The quantitative estimate of drug-likeness (QED) is 0.252. The number of hydrogen-bond donors (Lipinski definition) is 2. The Kier molecular flexibility index (Phi) is 7.30. The van der Waals surface area contributed by atoms with Gasteiger partial charge in [-0.25, -0.2) is 0 Å². The lowest BCUT2D eigenvalue weighted by Crippen LogP contribution is -2.37. The first-order chi connectivity index (χ1) is 18.0. The predicted octanol–water partition coefficient (Wildman–Crippen LogP) is 5.18. The molecule has 37 heavy (non-hydrogen) atoms. The van der Waals surface area contributed by atoms with Crippen molar-refractivity contribution in [1.29, 1.82) is 0 Å². The first-order valence-corrected chi connectivity index (χ1v) is 12.5. The van der Waals surface area contributed by atoms with Gasteiger partial charge in [0.1, 0.15) is 0 Å².